The summed E-state index contributed by atoms with van der Waals surface area (Å²) >= 11 is 0. The van der Waals surface area contributed by atoms with Gasteiger partial charge in [0, 0.05) is 31.6 Å². The first kappa shape index (κ1) is 23.6. The number of nitrogens with one attached hydrogen (secondary N) is 1. The molecule has 0 aliphatic carbocycles. The molecule has 0 aliphatic heterocycles. The van der Waals surface area contributed by atoms with Gasteiger partial charge in [-0.15, -0.1) is 0 Å². The molecule has 0 aliphatic rings. The zero-order valence-corrected chi connectivity index (χ0v) is 18.9. The molecule has 0 unspecified atom stereocenters. The number of carboxylic acid groups (broad SMARTS) is 1. The van der Waals surface area contributed by atoms with Crippen LogP contribution in [0.25, 0.3) is 11.2 Å². The van der Waals surface area contributed by atoms with E-state index < -0.39 is 22.1 Å². The number of aryl methyl sites for hydroxylation is 2. The van der Waals surface area contributed by atoms with Crippen molar-refractivity contribution in [3.63, 3.8) is 0 Å². The van der Waals surface area contributed by atoms with Crippen molar-refractivity contribution in [2.75, 3.05) is 0 Å². The number of benzene rings is 2. The molecule has 0 fully saturated rings. The molecule has 0 saturated carbocycles. The Morgan fingerprint density at radius 1 is 1.11 bits per heavy atom. The molecule has 2 N–H and O–H groups in total. The van der Waals surface area contributed by atoms with Gasteiger partial charge in [-0.3, -0.25) is 24.0 Å². The molecule has 0 radical (unpaired) electrons. The van der Waals surface area contributed by atoms with Crippen molar-refractivity contribution < 1.29 is 14.8 Å². The Bertz CT molecular complexity index is 1550. The van der Waals surface area contributed by atoms with Crippen molar-refractivity contribution in [2.24, 2.45) is 0 Å². The summed E-state index contributed by atoms with van der Waals surface area (Å²) in [6.45, 7) is 2.19. The Morgan fingerprint density at radius 2 is 1.89 bits per heavy atom. The molecule has 35 heavy (non-hydrogen) atoms. The number of nitro benzene ring substituents is 1. The molecule has 0 atom stereocenters. The molecule has 4 aromatic rings. The Morgan fingerprint density at radius 3 is 2.60 bits per heavy atom. The lowest BCUT2D eigenvalue weighted by molar-refractivity contribution is -0.384. The van der Waals surface area contributed by atoms with Crippen LogP contribution in [0.15, 0.2) is 58.1 Å². The second-order valence-electron chi connectivity index (χ2n) is 8.09. The number of carbonyl (C=O) groups is 1. The van der Waals surface area contributed by atoms with Crippen LogP contribution in [0.4, 0.5) is 5.69 Å². The first-order valence-corrected chi connectivity index (χ1v) is 11.1. The topological polar surface area (TPSA) is 153 Å². The fraction of sp³-hybridized carbons (Fsp3) is 0.250. The van der Waals surface area contributed by atoms with Gasteiger partial charge in [0.25, 0.3) is 11.2 Å². The monoisotopic (exact) mass is 477 g/mol. The third-order valence-electron chi connectivity index (χ3n) is 5.70. The molecule has 11 nitrogen and oxygen atoms in total. The van der Waals surface area contributed by atoms with Crippen LogP contribution in [0.3, 0.4) is 0 Å². The van der Waals surface area contributed by atoms with Crippen molar-refractivity contribution in [1.29, 1.82) is 0 Å². The summed E-state index contributed by atoms with van der Waals surface area (Å²) in [6.07, 6.45) is 1.01. The first-order chi connectivity index (χ1) is 16.8. The van der Waals surface area contributed by atoms with Gasteiger partial charge < -0.3 is 10.1 Å². The van der Waals surface area contributed by atoms with Crippen molar-refractivity contribution in [1.82, 2.24) is 19.1 Å². The van der Waals surface area contributed by atoms with E-state index in [9.17, 15) is 29.6 Å². The summed E-state index contributed by atoms with van der Waals surface area (Å²) in [7, 11) is 0. The largest absolute Gasteiger partial charge is 0.478 e. The number of aromatic amines is 1. The lowest BCUT2D eigenvalue weighted by Gasteiger charge is -2.11. The lowest BCUT2D eigenvalue weighted by Crippen LogP contribution is -2.40. The highest BCUT2D eigenvalue weighted by molar-refractivity contribution is 5.89. The number of hydrogen-bond donors (Lipinski definition) is 2. The van der Waals surface area contributed by atoms with E-state index in [1.165, 1.54) is 22.8 Å². The highest BCUT2D eigenvalue weighted by atomic mass is 16.6. The van der Waals surface area contributed by atoms with E-state index in [0.717, 1.165) is 4.57 Å². The third-order valence-corrected chi connectivity index (χ3v) is 5.70. The molecule has 0 saturated heterocycles. The fourth-order valence-electron chi connectivity index (χ4n) is 4.07. The summed E-state index contributed by atoms with van der Waals surface area (Å²) in [6, 6.07) is 12.6. The number of aromatic carboxylic acids is 1. The van der Waals surface area contributed by atoms with Crippen LogP contribution in [0, 0.1) is 10.1 Å². The van der Waals surface area contributed by atoms with Crippen LogP contribution >= 0.6 is 0 Å². The van der Waals surface area contributed by atoms with E-state index in [1.54, 1.807) is 30.3 Å². The van der Waals surface area contributed by atoms with Gasteiger partial charge in [0.2, 0.25) is 0 Å². The maximum absolute atomic E-state index is 13.2. The van der Waals surface area contributed by atoms with E-state index in [0.29, 0.717) is 23.4 Å². The molecular formula is C24H23N5O6. The molecule has 2 heterocycles. The summed E-state index contributed by atoms with van der Waals surface area (Å²) in [5.74, 6) is -0.681. The quantitative estimate of drug-likeness (QED) is 0.278. The van der Waals surface area contributed by atoms with Gasteiger partial charge in [0.05, 0.1) is 10.5 Å². The third kappa shape index (κ3) is 4.74. The van der Waals surface area contributed by atoms with E-state index in [4.69, 9.17) is 0 Å². The highest BCUT2D eigenvalue weighted by Gasteiger charge is 2.18. The number of nitro groups is 1. The Hall–Kier alpha value is -4.54. The van der Waals surface area contributed by atoms with Crippen molar-refractivity contribution >= 4 is 22.8 Å². The highest BCUT2D eigenvalue weighted by Crippen LogP contribution is 2.17. The average molecular weight is 477 g/mol. The molecular weight excluding hydrogens is 454 g/mol. The number of H-pyrrole nitrogens is 1. The molecule has 0 spiro atoms. The molecule has 0 bridgehead atoms. The molecule has 2 aromatic heterocycles. The zero-order valence-electron chi connectivity index (χ0n) is 18.9. The van der Waals surface area contributed by atoms with Crippen LogP contribution < -0.4 is 11.2 Å². The minimum absolute atomic E-state index is 0.0575. The van der Waals surface area contributed by atoms with E-state index in [-0.39, 0.29) is 48.3 Å². The number of imidazole rings is 1. The average Bonchev–Trinajstić information content (AvgIpc) is 3.25. The summed E-state index contributed by atoms with van der Waals surface area (Å²) in [4.78, 5) is 55.9. The second kappa shape index (κ2) is 9.75. The smallest absolute Gasteiger partial charge is 0.335 e. The lowest BCUT2D eigenvalue weighted by atomic mass is 10.0. The first-order valence-electron chi connectivity index (χ1n) is 11.1. The number of hydrogen-bond acceptors (Lipinski definition) is 6. The normalized spacial score (nSPS) is 11.1. The Kier molecular flexibility index (Phi) is 6.58. The van der Waals surface area contributed by atoms with Gasteiger partial charge in [-0.05, 0) is 30.0 Å². The molecule has 2 aromatic carbocycles. The fourth-order valence-corrected chi connectivity index (χ4v) is 4.07. The number of aromatic nitrogens is 4. The van der Waals surface area contributed by atoms with Crippen LogP contribution in [0.1, 0.15) is 40.7 Å². The number of fused-ring (bicyclic) bond motifs is 1. The zero-order chi connectivity index (χ0) is 25.1. The molecule has 180 valence electrons. The van der Waals surface area contributed by atoms with Crippen molar-refractivity contribution in [3.8, 4) is 0 Å². The van der Waals surface area contributed by atoms with Crippen LogP contribution in [-0.2, 0) is 25.9 Å². The van der Waals surface area contributed by atoms with Crippen LogP contribution in [0.5, 0.6) is 0 Å². The van der Waals surface area contributed by atoms with E-state index in [1.807, 2.05) is 6.92 Å². The Balaban J connectivity index is 1.77. The van der Waals surface area contributed by atoms with Gasteiger partial charge in [-0.2, -0.15) is 0 Å². The van der Waals surface area contributed by atoms with Crippen molar-refractivity contribution in [2.45, 2.75) is 39.3 Å². The van der Waals surface area contributed by atoms with E-state index in [2.05, 4.69) is 9.97 Å². The van der Waals surface area contributed by atoms with Crippen LogP contribution in [0.2, 0.25) is 0 Å². The summed E-state index contributed by atoms with van der Waals surface area (Å²) < 4.78 is 2.51. The van der Waals surface area contributed by atoms with Gasteiger partial charge in [0.1, 0.15) is 11.3 Å². The van der Waals surface area contributed by atoms with Gasteiger partial charge in [-0.25, -0.2) is 14.6 Å². The minimum atomic E-state index is -1.06. The van der Waals surface area contributed by atoms with Gasteiger partial charge >= 0.3 is 11.7 Å². The van der Waals surface area contributed by atoms with Crippen molar-refractivity contribution in [3.05, 3.63) is 102 Å². The molecule has 11 heteroatoms. The van der Waals surface area contributed by atoms with Gasteiger partial charge in [0.15, 0.2) is 5.65 Å². The number of nitrogens with zero attached hydrogens (tertiary/aromatic N) is 4. The maximum Gasteiger partial charge on any atom is 0.335 e. The molecule has 0 amide bonds. The number of carboxylic acids is 1. The second-order valence-corrected chi connectivity index (χ2v) is 8.09. The maximum atomic E-state index is 13.2. The van der Waals surface area contributed by atoms with E-state index >= 15 is 0 Å². The molecule has 4 rings (SSSR count). The minimum Gasteiger partial charge on any atom is -0.478 e. The summed E-state index contributed by atoms with van der Waals surface area (Å²) in [5.41, 5.74) is 0.574. The SMILES string of the molecule is CCCn1c(=O)c2[nH]c(Cc3cccc([N+](=O)[O-])c3)nc2n(CCc2ccccc2C(=O)O)c1=O. The summed E-state index contributed by atoms with van der Waals surface area (Å²) in [5, 5.41) is 20.6. The number of non-ortho nitro benzene ring substituents is 1. The number of rotatable bonds is 9. The Labute approximate surface area is 198 Å². The predicted molar refractivity (Wildman–Crippen MR) is 128 cm³/mol. The standard InChI is InChI=1S/C24H23N5O6/c1-2-11-28-22(30)20-21(26-19(25-20)14-15-6-5-8-17(13-15)29(34)35)27(24(28)33)12-10-16-7-3-4-9-18(16)23(31)32/h3-9,13H,2,10-12,14H2,1H3,(H,25,26)(H,31,32). The van der Waals surface area contributed by atoms with Crippen LogP contribution in [-0.4, -0.2) is 35.1 Å². The predicted octanol–water partition coefficient (Wildman–Crippen LogP) is 2.74. The van der Waals surface area contributed by atoms with Gasteiger partial charge in [-0.1, -0.05) is 37.3 Å².